The molecule has 3 rings (SSSR count). The predicted octanol–water partition coefficient (Wildman–Crippen LogP) is 2.90. The third kappa shape index (κ3) is 1.98. The van der Waals surface area contributed by atoms with E-state index in [2.05, 4.69) is 52.1 Å². The van der Waals surface area contributed by atoms with E-state index in [1.165, 1.54) is 27.7 Å². The van der Waals surface area contributed by atoms with Crippen molar-refractivity contribution >= 4 is 34.0 Å². The van der Waals surface area contributed by atoms with Crippen LogP contribution in [0.2, 0.25) is 0 Å². The van der Waals surface area contributed by atoms with Crippen LogP contribution in [0.3, 0.4) is 0 Å². The highest BCUT2D eigenvalue weighted by molar-refractivity contribution is 9.10. The summed E-state index contributed by atoms with van der Waals surface area (Å²) >= 11 is 3.76. The Hall–Kier alpha value is -0.250. The molecule has 0 saturated carbocycles. The molecule has 2 aliphatic heterocycles. The number of rotatable bonds is 0. The van der Waals surface area contributed by atoms with Gasteiger partial charge in [-0.15, -0.1) is 12.4 Å². The average molecular weight is 318 g/mol. The molecule has 0 aromatic heterocycles. The summed E-state index contributed by atoms with van der Waals surface area (Å²) in [6.07, 6.45) is 1.19. The summed E-state index contributed by atoms with van der Waals surface area (Å²) in [7, 11) is 0. The van der Waals surface area contributed by atoms with Gasteiger partial charge in [-0.1, -0.05) is 12.1 Å². The van der Waals surface area contributed by atoms with Crippen LogP contribution in [0.15, 0.2) is 16.6 Å². The Morgan fingerprint density at radius 1 is 1.35 bits per heavy atom. The lowest BCUT2D eigenvalue weighted by Crippen LogP contribution is -2.55. The Morgan fingerprint density at radius 3 is 2.88 bits per heavy atom. The molecule has 1 fully saturated rings. The van der Waals surface area contributed by atoms with Crippen LogP contribution in [0.5, 0.6) is 0 Å². The zero-order chi connectivity index (χ0) is 11.3. The number of halogens is 2. The highest BCUT2D eigenvalue weighted by Crippen LogP contribution is 2.41. The molecule has 0 spiro atoms. The fraction of sp³-hybridized carbons (Fsp3) is 0.538. The maximum Gasteiger partial charge on any atom is 0.0552 e. The van der Waals surface area contributed by atoms with Gasteiger partial charge >= 0.3 is 0 Å². The molecule has 94 valence electrons. The first kappa shape index (κ1) is 13.2. The van der Waals surface area contributed by atoms with Crippen molar-refractivity contribution in [3.05, 3.63) is 27.7 Å². The van der Waals surface area contributed by atoms with Crippen molar-refractivity contribution in [3.63, 3.8) is 0 Å². The molecule has 1 aromatic rings. The number of hydrogen-bond donors (Lipinski definition) is 1. The Balaban J connectivity index is 0.00000108. The van der Waals surface area contributed by atoms with Crippen LogP contribution in [-0.2, 0) is 6.42 Å². The van der Waals surface area contributed by atoms with E-state index in [9.17, 15) is 0 Å². The molecule has 0 amide bonds. The van der Waals surface area contributed by atoms with Crippen LogP contribution < -0.4 is 10.2 Å². The Kier molecular flexibility index (Phi) is 3.71. The molecule has 1 N–H and O–H groups in total. The van der Waals surface area contributed by atoms with Crippen molar-refractivity contribution in [1.29, 1.82) is 0 Å². The monoisotopic (exact) mass is 316 g/mol. The van der Waals surface area contributed by atoms with E-state index in [4.69, 9.17) is 0 Å². The second kappa shape index (κ2) is 4.79. The Morgan fingerprint density at radius 2 is 2.12 bits per heavy atom. The molecule has 1 saturated heterocycles. The summed E-state index contributed by atoms with van der Waals surface area (Å²) in [5, 5.41) is 3.52. The Labute approximate surface area is 117 Å². The van der Waals surface area contributed by atoms with Crippen LogP contribution >= 0.6 is 28.3 Å². The summed E-state index contributed by atoms with van der Waals surface area (Å²) in [5.74, 6) is 0. The zero-order valence-corrected chi connectivity index (χ0v) is 12.6. The second-order valence-electron chi connectivity index (χ2n) is 4.98. The molecule has 0 aliphatic carbocycles. The van der Waals surface area contributed by atoms with Crippen molar-refractivity contribution in [2.24, 2.45) is 0 Å². The third-order valence-corrected chi connectivity index (χ3v) is 4.80. The summed E-state index contributed by atoms with van der Waals surface area (Å²) in [4.78, 5) is 2.60. The number of aryl methyl sites for hydroxylation is 1. The molecular weight excluding hydrogens is 300 g/mol. The van der Waals surface area contributed by atoms with Gasteiger partial charge in [0.25, 0.3) is 0 Å². The van der Waals surface area contributed by atoms with Gasteiger partial charge in [0.05, 0.1) is 5.69 Å². The fourth-order valence-electron chi connectivity index (χ4n) is 2.99. The SMILES string of the molecule is Cc1ccc2c(c1Br)N1C(C)CNC[C@H]1C2.Cl. The van der Waals surface area contributed by atoms with Crippen molar-refractivity contribution in [2.45, 2.75) is 32.4 Å². The molecule has 1 aromatic carbocycles. The minimum atomic E-state index is 0. The van der Waals surface area contributed by atoms with Crippen molar-refractivity contribution in [2.75, 3.05) is 18.0 Å². The average Bonchev–Trinajstić information content (AvgIpc) is 2.64. The maximum atomic E-state index is 3.76. The molecule has 2 aliphatic rings. The van der Waals surface area contributed by atoms with Crippen molar-refractivity contribution in [1.82, 2.24) is 5.32 Å². The maximum absolute atomic E-state index is 3.76. The van der Waals surface area contributed by atoms with Gasteiger partial charge in [-0.25, -0.2) is 0 Å². The topological polar surface area (TPSA) is 15.3 Å². The molecule has 4 heteroatoms. The highest BCUT2D eigenvalue weighted by atomic mass is 79.9. The summed E-state index contributed by atoms with van der Waals surface area (Å²) in [5.41, 5.74) is 4.28. The van der Waals surface area contributed by atoms with Gasteiger partial charge in [-0.05, 0) is 47.3 Å². The molecule has 17 heavy (non-hydrogen) atoms. The van der Waals surface area contributed by atoms with Gasteiger partial charge in [-0.3, -0.25) is 0 Å². The number of hydrogen-bond acceptors (Lipinski definition) is 2. The number of benzene rings is 1. The number of fused-ring (bicyclic) bond motifs is 3. The lowest BCUT2D eigenvalue weighted by molar-refractivity contribution is 0.429. The predicted molar refractivity (Wildman–Crippen MR) is 78.4 cm³/mol. The normalized spacial score (nSPS) is 26.2. The largest absolute Gasteiger partial charge is 0.362 e. The van der Waals surface area contributed by atoms with Crippen LogP contribution in [0, 0.1) is 6.92 Å². The molecule has 0 radical (unpaired) electrons. The van der Waals surface area contributed by atoms with Gasteiger partial charge in [0.15, 0.2) is 0 Å². The van der Waals surface area contributed by atoms with Gasteiger partial charge in [-0.2, -0.15) is 0 Å². The van der Waals surface area contributed by atoms with E-state index in [0.717, 1.165) is 13.1 Å². The van der Waals surface area contributed by atoms with Gasteiger partial charge in [0, 0.05) is 29.6 Å². The summed E-state index contributed by atoms with van der Waals surface area (Å²) < 4.78 is 1.29. The minimum absolute atomic E-state index is 0. The molecule has 0 bridgehead atoms. The van der Waals surface area contributed by atoms with Crippen LogP contribution in [0.4, 0.5) is 5.69 Å². The van der Waals surface area contributed by atoms with Crippen LogP contribution in [0.25, 0.3) is 0 Å². The Bertz CT molecular complexity index is 436. The van der Waals surface area contributed by atoms with Crippen LogP contribution in [-0.4, -0.2) is 25.2 Å². The van der Waals surface area contributed by atoms with E-state index in [-0.39, 0.29) is 12.4 Å². The number of piperazine rings is 1. The lowest BCUT2D eigenvalue weighted by Gasteiger charge is -2.39. The highest BCUT2D eigenvalue weighted by Gasteiger charge is 2.36. The lowest BCUT2D eigenvalue weighted by atomic mass is 10.1. The van der Waals surface area contributed by atoms with Crippen molar-refractivity contribution < 1.29 is 0 Å². The van der Waals surface area contributed by atoms with E-state index in [1.807, 2.05) is 0 Å². The van der Waals surface area contributed by atoms with E-state index in [1.54, 1.807) is 0 Å². The summed E-state index contributed by atoms with van der Waals surface area (Å²) in [6, 6.07) is 5.76. The first-order valence-electron chi connectivity index (χ1n) is 5.95. The van der Waals surface area contributed by atoms with Gasteiger partial charge < -0.3 is 10.2 Å². The molecular formula is C13H18BrClN2. The number of nitrogens with zero attached hydrogens (tertiary/aromatic N) is 1. The second-order valence-corrected chi connectivity index (χ2v) is 5.77. The molecule has 2 heterocycles. The number of anilines is 1. The quantitative estimate of drug-likeness (QED) is 0.791. The van der Waals surface area contributed by atoms with Crippen molar-refractivity contribution in [3.8, 4) is 0 Å². The number of nitrogens with one attached hydrogen (secondary N) is 1. The first-order valence-corrected chi connectivity index (χ1v) is 6.75. The fourth-order valence-corrected chi connectivity index (χ4v) is 3.58. The minimum Gasteiger partial charge on any atom is -0.362 e. The van der Waals surface area contributed by atoms with Gasteiger partial charge in [0.2, 0.25) is 0 Å². The van der Waals surface area contributed by atoms with Crippen LogP contribution in [0.1, 0.15) is 18.1 Å². The standard InChI is InChI=1S/C13H17BrN2.ClH/c1-8-3-4-10-5-11-7-15-6-9(2)16(11)13(10)12(8)14;/h3-4,9,11,15H,5-7H2,1-2H3;1H/t9?,11-;/m1./s1. The van der Waals surface area contributed by atoms with E-state index in [0.29, 0.717) is 12.1 Å². The van der Waals surface area contributed by atoms with Gasteiger partial charge in [0.1, 0.15) is 0 Å². The third-order valence-electron chi connectivity index (χ3n) is 3.79. The molecule has 1 unspecified atom stereocenters. The van der Waals surface area contributed by atoms with E-state index < -0.39 is 0 Å². The van der Waals surface area contributed by atoms with E-state index >= 15 is 0 Å². The zero-order valence-electron chi connectivity index (χ0n) is 10.2. The molecule has 2 atom stereocenters. The molecule has 2 nitrogen and oxygen atoms in total. The summed E-state index contributed by atoms with van der Waals surface area (Å²) in [6.45, 7) is 6.69. The smallest absolute Gasteiger partial charge is 0.0552 e. The first-order chi connectivity index (χ1) is 7.68.